The summed E-state index contributed by atoms with van der Waals surface area (Å²) < 4.78 is 0. The van der Waals surface area contributed by atoms with Gasteiger partial charge >= 0.3 is 12.1 Å². The molecule has 0 saturated carbocycles. The highest BCUT2D eigenvalue weighted by atomic mass is 16.2. The molecule has 0 radical (unpaired) electrons. The van der Waals surface area contributed by atoms with Crippen molar-refractivity contribution >= 4 is 23.4 Å². The van der Waals surface area contributed by atoms with E-state index >= 15 is 0 Å². The Morgan fingerprint density at radius 2 is 0.735 bits per heavy atom. The summed E-state index contributed by atoms with van der Waals surface area (Å²) in [5, 5.41) is 11.8. The first-order valence-electron chi connectivity index (χ1n) is 11.0. The molecule has 4 aromatic rings. The van der Waals surface area contributed by atoms with Crippen LogP contribution in [0.1, 0.15) is 23.2 Å². The van der Waals surface area contributed by atoms with E-state index in [0.29, 0.717) is 11.4 Å². The second kappa shape index (κ2) is 11.3. The Bertz CT molecular complexity index is 1090. The summed E-state index contributed by atoms with van der Waals surface area (Å²) in [6, 6.07) is 35.8. The highest BCUT2D eigenvalue weighted by Crippen LogP contribution is 2.29. The molecule has 0 aliphatic heterocycles. The third-order valence-electron chi connectivity index (χ3n) is 5.29. The number of carbonyl (C=O) groups is 2. The van der Waals surface area contributed by atoms with E-state index in [0.717, 1.165) is 11.1 Å². The zero-order valence-corrected chi connectivity index (χ0v) is 18.5. The molecule has 34 heavy (non-hydrogen) atoms. The molecule has 0 spiro atoms. The summed E-state index contributed by atoms with van der Waals surface area (Å²) in [7, 11) is 0. The lowest BCUT2D eigenvalue weighted by Crippen LogP contribution is -2.43. The summed E-state index contributed by atoms with van der Waals surface area (Å²) in [4.78, 5) is 25.9. The van der Waals surface area contributed by atoms with Crippen LogP contribution in [0.5, 0.6) is 0 Å². The molecule has 6 nitrogen and oxygen atoms in total. The second-order valence-electron chi connectivity index (χ2n) is 7.71. The predicted octanol–water partition coefficient (Wildman–Crippen LogP) is 6.11. The molecular weight excluding hydrogens is 424 g/mol. The minimum Gasteiger partial charge on any atom is -0.329 e. The molecule has 0 fully saturated rings. The highest BCUT2D eigenvalue weighted by Gasteiger charge is 2.28. The number of amides is 4. The van der Waals surface area contributed by atoms with Gasteiger partial charge in [-0.2, -0.15) is 0 Å². The fourth-order valence-corrected chi connectivity index (χ4v) is 3.70. The van der Waals surface area contributed by atoms with Crippen molar-refractivity contribution in [3.05, 3.63) is 132 Å². The molecule has 0 bridgehead atoms. The van der Waals surface area contributed by atoms with Gasteiger partial charge in [0.2, 0.25) is 0 Å². The first-order chi connectivity index (χ1) is 16.7. The lowest BCUT2D eigenvalue weighted by atomic mass is 9.93. The van der Waals surface area contributed by atoms with Crippen molar-refractivity contribution in [1.29, 1.82) is 0 Å². The Labute approximate surface area is 199 Å². The van der Waals surface area contributed by atoms with Crippen LogP contribution in [0, 0.1) is 0 Å². The van der Waals surface area contributed by atoms with Crippen LogP contribution >= 0.6 is 0 Å². The molecule has 4 aromatic carbocycles. The Morgan fingerprint density at radius 3 is 1.06 bits per heavy atom. The summed E-state index contributed by atoms with van der Waals surface area (Å²) in [6.07, 6.45) is 0. The van der Waals surface area contributed by atoms with Gasteiger partial charge in [-0.25, -0.2) is 9.59 Å². The molecule has 0 aliphatic rings. The minimum absolute atomic E-state index is 0.369. The van der Waals surface area contributed by atoms with Crippen molar-refractivity contribution in [2.75, 3.05) is 10.6 Å². The van der Waals surface area contributed by atoms with Gasteiger partial charge in [-0.05, 0) is 35.4 Å². The number of urea groups is 2. The van der Waals surface area contributed by atoms with E-state index < -0.39 is 12.1 Å². The average Bonchev–Trinajstić information content (AvgIpc) is 2.88. The highest BCUT2D eigenvalue weighted by molar-refractivity contribution is 5.91. The topological polar surface area (TPSA) is 82.3 Å². The Kier molecular flexibility index (Phi) is 7.54. The van der Waals surface area contributed by atoms with Crippen molar-refractivity contribution in [3.8, 4) is 0 Å². The van der Waals surface area contributed by atoms with Crippen molar-refractivity contribution < 1.29 is 9.59 Å². The lowest BCUT2D eigenvalue weighted by molar-refractivity contribution is 0.236. The number of hydrogen-bond acceptors (Lipinski definition) is 2. The number of nitrogens with one attached hydrogen (secondary N) is 4. The minimum atomic E-state index is -0.533. The SMILES string of the molecule is O=C(Nc1ccccc1)N[C@H](c1ccccc1)[C@H](NC(=O)Nc1ccccc1)c1ccccc1. The van der Waals surface area contributed by atoms with E-state index in [1.54, 1.807) is 0 Å². The van der Waals surface area contributed by atoms with E-state index in [4.69, 9.17) is 0 Å². The molecule has 0 unspecified atom stereocenters. The van der Waals surface area contributed by atoms with Gasteiger partial charge in [-0.1, -0.05) is 97.1 Å². The standard InChI is InChI=1S/C28H26N4O2/c33-27(29-23-17-9-3-10-18-23)31-25(21-13-5-1-6-14-21)26(22-15-7-2-8-16-22)32-28(34)30-24-19-11-4-12-20-24/h1-20,25-26H,(H2,29,31,33)(H2,30,32,34)/t25-,26-/m1/s1. The number of benzene rings is 4. The fraction of sp³-hybridized carbons (Fsp3) is 0.0714. The Balaban J connectivity index is 1.62. The average molecular weight is 451 g/mol. The van der Waals surface area contributed by atoms with Crippen molar-refractivity contribution in [2.45, 2.75) is 12.1 Å². The van der Waals surface area contributed by atoms with E-state index in [1.807, 2.05) is 121 Å². The maximum absolute atomic E-state index is 13.0. The molecule has 0 heterocycles. The van der Waals surface area contributed by atoms with E-state index in [9.17, 15) is 9.59 Å². The normalized spacial score (nSPS) is 12.1. The van der Waals surface area contributed by atoms with Crippen LogP contribution < -0.4 is 21.3 Å². The van der Waals surface area contributed by atoms with Crippen LogP contribution in [0.2, 0.25) is 0 Å². The fourth-order valence-electron chi connectivity index (χ4n) is 3.70. The molecule has 4 rings (SSSR count). The van der Waals surface area contributed by atoms with Crippen LogP contribution in [0.3, 0.4) is 0 Å². The van der Waals surface area contributed by atoms with Crippen LogP contribution in [-0.2, 0) is 0 Å². The summed E-state index contributed by atoms with van der Waals surface area (Å²) >= 11 is 0. The Morgan fingerprint density at radius 1 is 0.441 bits per heavy atom. The summed E-state index contributed by atoms with van der Waals surface area (Å²) in [6.45, 7) is 0. The van der Waals surface area contributed by atoms with Gasteiger partial charge in [0.1, 0.15) is 0 Å². The van der Waals surface area contributed by atoms with Crippen molar-refractivity contribution in [3.63, 3.8) is 0 Å². The van der Waals surface area contributed by atoms with Crippen molar-refractivity contribution in [2.24, 2.45) is 0 Å². The van der Waals surface area contributed by atoms with E-state index in [2.05, 4.69) is 21.3 Å². The van der Waals surface area contributed by atoms with Gasteiger partial charge in [0, 0.05) is 11.4 Å². The number of anilines is 2. The zero-order valence-electron chi connectivity index (χ0n) is 18.5. The second-order valence-corrected chi connectivity index (χ2v) is 7.71. The molecule has 170 valence electrons. The Hall–Kier alpha value is -4.58. The van der Waals surface area contributed by atoms with E-state index in [1.165, 1.54) is 0 Å². The number of hydrogen-bond donors (Lipinski definition) is 4. The maximum Gasteiger partial charge on any atom is 0.319 e. The van der Waals surface area contributed by atoms with Gasteiger partial charge in [0.25, 0.3) is 0 Å². The lowest BCUT2D eigenvalue weighted by Gasteiger charge is -2.30. The summed E-state index contributed by atoms with van der Waals surface area (Å²) in [5.41, 5.74) is 3.08. The van der Waals surface area contributed by atoms with Gasteiger partial charge < -0.3 is 21.3 Å². The first-order valence-corrected chi connectivity index (χ1v) is 11.0. The first kappa shape index (κ1) is 22.6. The monoisotopic (exact) mass is 450 g/mol. The molecule has 0 saturated heterocycles. The molecule has 2 atom stereocenters. The number of carbonyl (C=O) groups excluding carboxylic acids is 2. The number of para-hydroxylation sites is 2. The van der Waals surface area contributed by atoms with Gasteiger partial charge in [0.15, 0.2) is 0 Å². The zero-order chi connectivity index (χ0) is 23.6. The molecule has 0 aromatic heterocycles. The van der Waals surface area contributed by atoms with Gasteiger partial charge in [-0.3, -0.25) is 0 Å². The maximum atomic E-state index is 13.0. The third-order valence-corrected chi connectivity index (χ3v) is 5.29. The van der Waals surface area contributed by atoms with Crippen LogP contribution in [0.15, 0.2) is 121 Å². The smallest absolute Gasteiger partial charge is 0.319 e. The quantitative estimate of drug-likeness (QED) is 0.274. The number of rotatable bonds is 7. The van der Waals surface area contributed by atoms with Crippen molar-refractivity contribution in [1.82, 2.24) is 10.6 Å². The van der Waals surface area contributed by atoms with Crippen LogP contribution in [0.25, 0.3) is 0 Å². The molecule has 0 aliphatic carbocycles. The van der Waals surface area contributed by atoms with Crippen LogP contribution in [0.4, 0.5) is 21.0 Å². The van der Waals surface area contributed by atoms with Crippen LogP contribution in [-0.4, -0.2) is 12.1 Å². The van der Waals surface area contributed by atoms with Gasteiger partial charge in [-0.15, -0.1) is 0 Å². The molecule has 6 heteroatoms. The van der Waals surface area contributed by atoms with E-state index in [-0.39, 0.29) is 12.1 Å². The predicted molar refractivity (Wildman–Crippen MR) is 136 cm³/mol. The largest absolute Gasteiger partial charge is 0.329 e. The molecule has 4 N–H and O–H groups in total. The molecule has 4 amide bonds. The van der Waals surface area contributed by atoms with Gasteiger partial charge in [0.05, 0.1) is 12.1 Å². The molecular formula is C28H26N4O2. The third kappa shape index (κ3) is 6.23. The summed E-state index contributed by atoms with van der Waals surface area (Å²) in [5.74, 6) is 0.